The van der Waals surface area contributed by atoms with Crippen LogP contribution in [0.2, 0.25) is 0 Å². The third kappa shape index (κ3) is 1.68. The van der Waals surface area contributed by atoms with Crippen LogP contribution in [0.1, 0.15) is 12.7 Å². The molecule has 3 aromatic rings. The van der Waals surface area contributed by atoms with Crippen LogP contribution in [-0.4, -0.2) is 9.97 Å². The van der Waals surface area contributed by atoms with Gasteiger partial charge in [-0.15, -0.1) is 0 Å². The molecule has 2 heterocycles. The number of hydrogen-bond acceptors (Lipinski definition) is 2. The molecule has 0 fully saturated rings. The van der Waals surface area contributed by atoms with Gasteiger partial charge in [0.05, 0.1) is 11.0 Å². The summed E-state index contributed by atoms with van der Waals surface area (Å²) < 4.78 is 31.7. The Kier molecular flexibility index (Phi) is 2.40. The molecule has 0 unspecified atom stereocenters. The number of hydrogen-bond donors (Lipinski definition) is 1. The van der Waals surface area contributed by atoms with Gasteiger partial charge in [-0.25, -0.2) is 13.8 Å². The fourth-order valence-electron chi connectivity index (χ4n) is 1.82. The molecule has 1 N–H and O–H groups in total. The molecule has 3 nitrogen and oxygen atoms in total. The molecule has 0 atom stereocenters. The van der Waals surface area contributed by atoms with Crippen molar-refractivity contribution in [2.45, 2.75) is 13.3 Å². The topological polar surface area (TPSA) is 41.8 Å². The number of fused-ring (bicyclic) bond motifs is 1. The summed E-state index contributed by atoms with van der Waals surface area (Å²) in [5.41, 5.74) is 0.816. The monoisotopic (exact) mass is 248 g/mol. The molecule has 5 heteroatoms. The number of aromatic nitrogens is 2. The molecule has 1 aromatic carbocycles. The summed E-state index contributed by atoms with van der Waals surface area (Å²) in [6, 6.07) is 5.78. The van der Waals surface area contributed by atoms with E-state index in [2.05, 4.69) is 9.97 Å². The van der Waals surface area contributed by atoms with E-state index < -0.39 is 11.6 Å². The molecule has 0 aliphatic carbocycles. The minimum atomic E-state index is -0.908. The van der Waals surface area contributed by atoms with Crippen molar-refractivity contribution >= 4 is 11.0 Å². The van der Waals surface area contributed by atoms with Gasteiger partial charge in [0, 0.05) is 18.6 Å². The zero-order chi connectivity index (χ0) is 12.7. The summed E-state index contributed by atoms with van der Waals surface area (Å²) in [5, 5.41) is 0. The first-order valence-electron chi connectivity index (χ1n) is 5.61. The molecule has 92 valence electrons. The molecule has 0 radical (unpaired) electrons. The lowest BCUT2D eigenvalue weighted by atomic mass is 10.3. The van der Waals surface area contributed by atoms with Crippen LogP contribution in [0, 0.1) is 11.6 Å². The van der Waals surface area contributed by atoms with E-state index in [4.69, 9.17) is 4.42 Å². The van der Waals surface area contributed by atoms with Crippen molar-refractivity contribution in [2.24, 2.45) is 0 Å². The summed E-state index contributed by atoms with van der Waals surface area (Å²) in [6.07, 6.45) is 0.781. The van der Waals surface area contributed by atoms with Gasteiger partial charge in [-0.05, 0) is 12.1 Å². The molecular formula is C13H10F2N2O. The van der Waals surface area contributed by atoms with Gasteiger partial charge in [-0.3, -0.25) is 0 Å². The normalized spacial score (nSPS) is 11.3. The highest BCUT2D eigenvalue weighted by Gasteiger charge is 2.12. The van der Waals surface area contributed by atoms with Crippen LogP contribution in [0.5, 0.6) is 0 Å². The van der Waals surface area contributed by atoms with E-state index in [9.17, 15) is 8.78 Å². The Labute approximate surface area is 101 Å². The van der Waals surface area contributed by atoms with Crippen molar-refractivity contribution in [1.82, 2.24) is 9.97 Å². The Bertz CT molecular complexity index is 676. The fourth-order valence-corrected chi connectivity index (χ4v) is 1.82. The van der Waals surface area contributed by atoms with Crippen LogP contribution >= 0.6 is 0 Å². The molecule has 2 aromatic heterocycles. The largest absolute Gasteiger partial charge is 0.458 e. The summed E-state index contributed by atoms with van der Waals surface area (Å²) in [5.74, 6) is 0.0574. The van der Waals surface area contributed by atoms with Gasteiger partial charge in [-0.1, -0.05) is 6.92 Å². The average Bonchev–Trinajstić information content (AvgIpc) is 2.95. The predicted octanol–water partition coefficient (Wildman–Crippen LogP) is 3.66. The Morgan fingerprint density at radius 1 is 1.22 bits per heavy atom. The van der Waals surface area contributed by atoms with Crippen molar-refractivity contribution < 1.29 is 13.2 Å². The molecule has 18 heavy (non-hydrogen) atoms. The zero-order valence-electron chi connectivity index (χ0n) is 9.63. The predicted molar refractivity (Wildman–Crippen MR) is 63.1 cm³/mol. The van der Waals surface area contributed by atoms with Gasteiger partial charge in [0.1, 0.15) is 5.76 Å². The molecule has 3 rings (SSSR count). The van der Waals surface area contributed by atoms with Crippen molar-refractivity contribution in [3.63, 3.8) is 0 Å². The highest BCUT2D eigenvalue weighted by atomic mass is 19.2. The molecule has 0 aliphatic heterocycles. The number of imidazole rings is 1. The minimum absolute atomic E-state index is 0.373. The standard InChI is InChI=1S/C13H10F2N2O/c1-2-7-3-4-12(18-7)13-16-10-5-8(14)9(15)6-11(10)17-13/h3-6H,2H2,1H3,(H,16,17). The summed E-state index contributed by atoms with van der Waals surface area (Å²) in [7, 11) is 0. The highest BCUT2D eigenvalue weighted by molar-refractivity contribution is 5.78. The number of halogens is 2. The highest BCUT2D eigenvalue weighted by Crippen LogP contribution is 2.24. The lowest BCUT2D eigenvalue weighted by Gasteiger charge is -1.90. The number of nitrogens with one attached hydrogen (secondary N) is 1. The van der Waals surface area contributed by atoms with Crippen molar-refractivity contribution in [2.75, 3.05) is 0 Å². The van der Waals surface area contributed by atoms with Gasteiger partial charge < -0.3 is 9.40 Å². The SMILES string of the molecule is CCc1ccc(-c2nc3cc(F)c(F)cc3[nH]2)o1. The average molecular weight is 248 g/mol. The van der Waals surface area contributed by atoms with Crippen LogP contribution < -0.4 is 0 Å². The van der Waals surface area contributed by atoms with E-state index in [1.807, 2.05) is 13.0 Å². The zero-order valence-corrected chi connectivity index (χ0v) is 9.63. The Balaban J connectivity index is 2.13. The second kappa shape index (κ2) is 3.94. The number of H-pyrrole nitrogens is 1. The third-order valence-corrected chi connectivity index (χ3v) is 2.77. The van der Waals surface area contributed by atoms with Gasteiger partial charge in [-0.2, -0.15) is 0 Å². The Hall–Kier alpha value is -2.17. The maximum Gasteiger partial charge on any atom is 0.174 e. The van der Waals surface area contributed by atoms with Gasteiger partial charge in [0.2, 0.25) is 0 Å². The van der Waals surface area contributed by atoms with Crippen molar-refractivity contribution in [3.8, 4) is 11.6 Å². The van der Waals surface area contributed by atoms with Crippen LogP contribution in [0.15, 0.2) is 28.7 Å². The fraction of sp³-hybridized carbons (Fsp3) is 0.154. The second-order valence-electron chi connectivity index (χ2n) is 3.99. The van der Waals surface area contributed by atoms with Gasteiger partial charge in [0.25, 0.3) is 0 Å². The van der Waals surface area contributed by atoms with E-state index in [0.29, 0.717) is 22.6 Å². The van der Waals surface area contributed by atoms with Crippen LogP contribution in [-0.2, 0) is 6.42 Å². The van der Waals surface area contributed by atoms with Crippen LogP contribution in [0.3, 0.4) is 0 Å². The second-order valence-corrected chi connectivity index (χ2v) is 3.99. The summed E-state index contributed by atoms with van der Waals surface area (Å²) in [6.45, 7) is 1.98. The van der Waals surface area contributed by atoms with Crippen molar-refractivity contribution in [1.29, 1.82) is 0 Å². The number of nitrogens with zero attached hydrogens (tertiary/aromatic N) is 1. The smallest absolute Gasteiger partial charge is 0.174 e. The molecule has 0 spiro atoms. The van der Waals surface area contributed by atoms with E-state index in [1.165, 1.54) is 0 Å². The first-order chi connectivity index (χ1) is 8.67. The van der Waals surface area contributed by atoms with Crippen molar-refractivity contribution in [3.05, 3.63) is 41.7 Å². The van der Waals surface area contributed by atoms with E-state index in [-0.39, 0.29) is 0 Å². The summed E-state index contributed by atoms with van der Waals surface area (Å²) >= 11 is 0. The Morgan fingerprint density at radius 2 is 2.00 bits per heavy atom. The number of aryl methyl sites for hydroxylation is 1. The van der Waals surface area contributed by atoms with Gasteiger partial charge >= 0.3 is 0 Å². The summed E-state index contributed by atoms with van der Waals surface area (Å²) in [4.78, 5) is 7.08. The van der Waals surface area contributed by atoms with Gasteiger partial charge in [0.15, 0.2) is 23.2 Å². The number of rotatable bonds is 2. The lowest BCUT2D eigenvalue weighted by molar-refractivity contribution is 0.510. The molecule has 0 saturated carbocycles. The molecular weight excluding hydrogens is 238 g/mol. The molecule has 0 aliphatic rings. The first-order valence-corrected chi connectivity index (χ1v) is 5.61. The first kappa shape index (κ1) is 11.0. The molecule has 0 saturated heterocycles. The van der Waals surface area contributed by atoms with Crippen LogP contribution in [0.25, 0.3) is 22.6 Å². The quantitative estimate of drug-likeness (QED) is 0.751. The van der Waals surface area contributed by atoms with E-state index in [1.54, 1.807) is 6.07 Å². The molecule has 0 bridgehead atoms. The lowest BCUT2D eigenvalue weighted by Crippen LogP contribution is -1.82. The maximum atomic E-state index is 13.1. The third-order valence-electron chi connectivity index (χ3n) is 2.77. The number of benzene rings is 1. The van der Waals surface area contributed by atoms with Crippen LogP contribution in [0.4, 0.5) is 8.78 Å². The van der Waals surface area contributed by atoms with E-state index >= 15 is 0 Å². The van der Waals surface area contributed by atoms with E-state index in [0.717, 1.165) is 24.3 Å². The maximum absolute atomic E-state index is 13.1. The molecule has 0 amide bonds. The number of aromatic amines is 1. The Morgan fingerprint density at radius 3 is 2.72 bits per heavy atom. The minimum Gasteiger partial charge on any atom is -0.458 e. The number of furan rings is 1.